The van der Waals surface area contributed by atoms with Crippen molar-refractivity contribution in [1.29, 1.82) is 0 Å². The Bertz CT molecular complexity index is 555. The number of amides is 1. The van der Waals surface area contributed by atoms with E-state index in [0.29, 0.717) is 24.4 Å². The fraction of sp³-hybridized carbons (Fsp3) is 0.333. The van der Waals surface area contributed by atoms with Crippen LogP contribution in [0.2, 0.25) is 5.02 Å². The Morgan fingerprint density at radius 1 is 1.43 bits per heavy atom. The summed E-state index contributed by atoms with van der Waals surface area (Å²) in [5.74, 6) is 0.755. The first kappa shape index (κ1) is 15.4. The number of hydrogen-bond donors (Lipinski definition) is 1. The maximum absolute atomic E-state index is 11.3. The Morgan fingerprint density at radius 3 is 2.81 bits per heavy atom. The van der Waals surface area contributed by atoms with Crippen LogP contribution in [0.5, 0.6) is 5.75 Å². The number of carbonyl (C=O) groups excluding carboxylic acids is 1. The fourth-order valence-electron chi connectivity index (χ4n) is 1.84. The van der Waals surface area contributed by atoms with E-state index in [1.54, 1.807) is 24.7 Å². The molecule has 5 nitrogen and oxygen atoms in total. The van der Waals surface area contributed by atoms with Gasteiger partial charge in [-0.15, -0.1) is 0 Å². The van der Waals surface area contributed by atoms with Gasteiger partial charge in [-0.2, -0.15) is 0 Å². The fourth-order valence-corrected chi connectivity index (χ4v) is 1.96. The van der Waals surface area contributed by atoms with E-state index in [0.717, 1.165) is 5.75 Å². The van der Waals surface area contributed by atoms with Crippen LogP contribution in [0.3, 0.4) is 0 Å². The summed E-state index contributed by atoms with van der Waals surface area (Å²) in [6.45, 7) is 2.37. The predicted octanol–water partition coefficient (Wildman–Crippen LogP) is 3.03. The molecule has 0 spiro atoms. The second-order valence-corrected chi connectivity index (χ2v) is 4.96. The Labute approximate surface area is 128 Å². The van der Waals surface area contributed by atoms with Gasteiger partial charge >= 0.3 is 0 Å². The van der Waals surface area contributed by atoms with E-state index in [1.807, 2.05) is 29.8 Å². The summed E-state index contributed by atoms with van der Waals surface area (Å²) in [4.78, 5) is 15.3. The number of hydrogen-bond acceptors (Lipinski definition) is 3. The van der Waals surface area contributed by atoms with Crippen molar-refractivity contribution in [2.75, 3.05) is 6.54 Å². The van der Waals surface area contributed by atoms with Gasteiger partial charge in [0.2, 0.25) is 5.91 Å². The van der Waals surface area contributed by atoms with Gasteiger partial charge in [-0.25, -0.2) is 4.98 Å². The number of rotatable bonds is 7. The van der Waals surface area contributed by atoms with Gasteiger partial charge in [0, 0.05) is 36.8 Å². The topological polar surface area (TPSA) is 56.1 Å². The molecule has 1 N–H and O–H groups in total. The van der Waals surface area contributed by atoms with Crippen LogP contribution in [-0.4, -0.2) is 22.0 Å². The zero-order chi connectivity index (χ0) is 15.1. The molecule has 112 valence electrons. The first-order valence-corrected chi connectivity index (χ1v) is 7.23. The molecule has 0 saturated carbocycles. The predicted molar refractivity (Wildman–Crippen MR) is 81.3 cm³/mol. The molecule has 1 heterocycles. The third-order valence-electron chi connectivity index (χ3n) is 2.98. The quantitative estimate of drug-likeness (QED) is 0.855. The summed E-state index contributed by atoms with van der Waals surface area (Å²) >= 11 is 5.86. The Morgan fingerprint density at radius 2 is 2.19 bits per heavy atom. The minimum Gasteiger partial charge on any atom is -0.470 e. The van der Waals surface area contributed by atoms with Crippen LogP contribution in [-0.2, 0) is 4.79 Å². The maximum Gasteiger partial charge on any atom is 0.219 e. The molecule has 0 radical (unpaired) electrons. The lowest BCUT2D eigenvalue weighted by Crippen LogP contribution is -2.27. The van der Waals surface area contributed by atoms with E-state index in [2.05, 4.69) is 10.3 Å². The van der Waals surface area contributed by atoms with Crippen LogP contribution in [0.15, 0.2) is 43.0 Å². The lowest BCUT2D eigenvalue weighted by Gasteiger charge is -2.20. The van der Waals surface area contributed by atoms with Crippen molar-refractivity contribution in [3.63, 3.8) is 0 Å². The maximum atomic E-state index is 11.3. The molecular weight excluding hydrogens is 290 g/mol. The zero-order valence-electron chi connectivity index (χ0n) is 11.8. The first-order chi connectivity index (χ1) is 10.2. The second-order valence-electron chi connectivity index (χ2n) is 4.53. The SMILES string of the molecule is CCC(=O)NCCC(Oc1ccc(Cl)cc1)n1ccnc1. The summed E-state index contributed by atoms with van der Waals surface area (Å²) < 4.78 is 7.81. The third kappa shape index (κ3) is 4.79. The molecule has 0 aliphatic heterocycles. The van der Waals surface area contributed by atoms with Crippen molar-refractivity contribution in [3.05, 3.63) is 48.0 Å². The average molecular weight is 308 g/mol. The van der Waals surface area contributed by atoms with Gasteiger partial charge < -0.3 is 14.6 Å². The molecule has 1 aromatic heterocycles. The number of ether oxygens (including phenoxy) is 1. The molecule has 6 heteroatoms. The first-order valence-electron chi connectivity index (χ1n) is 6.85. The van der Waals surface area contributed by atoms with Crippen molar-refractivity contribution in [2.24, 2.45) is 0 Å². The summed E-state index contributed by atoms with van der Waals surface area (Å²) in [6.07, 6.45) is 6.12. The monoisotopic (exact) mass is 307 g/mol. The van der Waals surface area contributed by atoms with E-state index >= 15 is 0 Å². The second kappa shape index (κ2) is 7.69. The number of nitrogens with one attached hydrogen (secondary N) is 1. The van der Waals surface area contributed by atoms with Gasteiger partial charge in [-0.1, -0.05) is 18.5 Å². The largest absolute Gasteiger partial charge is 0.470 e. The molecule has 0 aliphatic carbocycles. The highest BCUT2D eigenvalue weighted by molar-refractivity contribution is 6.30. The van der Waals surface area contributed by atoms with Crippen molar-refractivity contribution >= 4 is 17.5 Å². The summed E-state index contributed by atoms with van der Waals surface area (Å²) in [7, 11) is 0. The number of nitrogens with zero attached hydrogens (tertiary/aromatic N) is 2. The smallest absolute Gasteiger partial charge is 0.219 e. The lowest BCUT2D eigenvalue weighted by molar-refractivity contribution is -0.120. The molecule has 0 fully saturated rings. The molecule has 0 bridgehead atoms. The molecular formula is C15H18ClN3O2. The Balaban J connectivity index is 1.99. The highest BCUT2D eigenvalue weighted by Crippen LogP contribution is 2.21. The van der Waals surface area contributed by atoms with Crippen molar-refractivity contribution in [2.45, 2.75) is 26.0 Å². The molecule has 0 aliphatic rings. The molecule has 0 saturated heterocycles. The van der Waals surface area contributed by atoms with E-state index in [4.69, 9.17) is 16.3 Å². The van der Waals surface area contributed by atoms with Gasteiger partial charge in [0.15, 0.2) is 6.23 Å². The molecule has 1 unspecified atom stereocenters. The standard InChI is InChI=1S/C15H18ClN3O2/c1-2-14(20)18-8-7-15(19-10-9-17-11-19)21-13-5-3-12(16)4-6-13/h3-6,9-11,15H,2,7-8H2,1H3,(H,18,20). The van der Waals surface area contributed by atoms with E-state index in [9.17, 15) is 4.79 Å². The molecule has 1 atom stereocenters. The number of aromatic nitrogens is 2. The van der Waals surface area contributed by atoms with Crippen LogP contribution in [0, 0.1) is 0 Å². The van der Waals surface area contributed by atoms with Crippen molar-refractivity contribution < 1.29 is 9.53 Å². The Hall–Kier alpha value is -2.01. The highest BCUT2D eigenvalue weighted by atomic mass is 35.5. The molecule has 21 heavy (non-hydrogen) atoms. The van der Waals surface area contributed by atoms with Crippen LogP contribution in [0.1, 0.15) is 26.0 Å². The van der Waals surface area contributed by atoms with Crippen LogP contribution >= 0.6 is 11.6 Å². The summed E-state index contributed by atoms with van der Waals surface area (Å²) in [6, 6.07) is 7.19. The molecule has 2 rings (SSSR count). The van der Waals surface area contributed by atoms with Gasteiger partial charge in [0.25, 0.3) is 0 Å². The zero-order valence-corrected chi connectivity index (χ0v) is 12.6. The van der Waals surface area contributed by atoms with Gasteiger partial charge in [-0.05, 0) is 24.3 Å². The normalized spacial score (nSPS) is 11.9. The van der Waals surface area contributed by atoms with Crippen molar-refractivity contribution in [1.82, 2.24) is 14.9 Å². The minimum atomic E-state index is -0.231. The molecule has 2 aromatic rings. The van der Waals surface area contributed by atoms with Gasteiger partial charge in [-0.3, -0.25) is 4.79 Å². The lowest BCUT2D eigenvalue weighted by atomic mass is 10.3. The number of benzene rings is 1. The van der Waals surface area contributed by atoms with E-state index in [1.165, 1.54) is 0 Å². The van der Waals surface area contributed by atoms with Crippen LogP contribution in [0.4, 0.5) is 0 Å². The average Bonchev–Trinajstić information content (AvgIpc) is 3.02. The summed E-state index contributed by atoms with van der Waals surface area (Å²) in [5, 5.41) is 3.51. The minimum absolute atomic E-state index is 0.0332. The van der Waals surface area contributed by atoms with Crippen LogP contribution < -0.4 is 10.1 Å². The third-order valence-corrected chi connectivity index (χ3v) is 3.23. The molecule has 1 aromatic carbocycles. The summed E-state index contributed by atoms with van der Waals surface area (Å²) in [5.41, 5.74) is 0. The number of carbonyl (C=O) groups is 1. The van der Waals surface area contributed by atoms with E-state index < -0.39 is 0 Å². The number of halogens is 1. The number of imidazole rings is 1. The highest BCUT2D eigenvalue weighted by Gasteiger charge is 2.12. The van der Waals surface area contributed by atoms with Crippen molar-refractivity contribution in [3.8, 4) is 5.75 Å². The van der Waals surface area contributed by atoms with E-state index in [-0.39, 0.29) is 12.1 Å². The Kier molecular flexibility index (Phi) is 5.63. The van der Waals surface area contributed by atoms with Gasteiger partial charge in [0.05, 0.1) is 6.33 Å². The molecule has 1 amide bonds. The van der Waals surface area contributed by atoms with Crippen LogP contribution in [0.25, 0.3) is 0 Å². The van der Waals surface area contributed by atoms with Gasteiger partial charge in [0.1, 0.15) is 5.75 Å².